The van der Waals surface area contributed by atoms with Gasteiger partial charge in [-0.1, -0.05) is 58.4 Å². The maximum absolute atomic E-state index is 12.1. The minimum atomic E-state index is -1.69. The van der Waals surface area contributed by atoms with Gasteiger partial charge in [-0.2, -0.15) is 0 Å². The molecule has 0 amide bonds. The number of allylic oxidation sites excluding steroid dienone is 3. The number of rotatable bonds is 13. The summed E-state index contributed by atoms with van der Waals surface area (Å²) in [5.74, 6) is -0.911. The van der Waals surface area contributed by atoms with Crippen LogP contribution in [0.25, 0.3) is 0 Å². The number of hydrogen-bond acceptors (Lipinski definition) is 5. The van der Waals surface area contributed by atoms with Gasteiger partial charge < -0.3 is 18.6 Å². The molecule has 1 aliphatic heterocycles. The molecule has 1 saturated heterocycles. The van der Waals surface area contributed by atoms with Crippen LogP contribution in [0.4, 0.5) is 0 Å². The average molecular weight is 483 g/mol. The van der Waals surface area contributed by atoms with Crippen LogP contribution in [0, 0.1) is 0 Å². The van der Waals surface area contributed by atoms with Crippen LogP contribution < -0.4 is 0 Å². The van der Waals surface area contributed by atoms with E-state index < -0.39 is 14.1 Å². The molecule has 0 aromatic rings. The molecule has 0 aromatic heterocycles. The van der Waals surface area contributed by atoms with E-state index in [1.807, 2.05) is 19.9 Å². The average Bonchev–Trinajstić information content (AvgIpc) is 2.64. The van der Waals surface area contributed by atoms with Gasteiger partial charge >= 0.3 is 5.97 Å². The Kier molecular flexibility index (Phi) is 12.6. The fourth-order valence-electron chi connectivity index (χ4n) is 3.59. The van der Waals surface area contributed by atoms with Crippen molar-refractivity contribution in [3.63, 3.8) is 0 Å². The quantitative estimate of drug-likeness (QED) is 0.119. The van der Waals surface area contributed by atoms with Crippen LogP contribution in [-0.2, 0) is 23.4 Å². The van der Waals surface area contributed by atoms with Crippen molar-refractivity contribution in [3.8, 4) is 0 Å². The molecule has 3 atom stereocenters. The van der Waals surface area contributed by atoms with Crippen LogP contribution in [0.5, 0.6) is 0 Å². The van der Waals surface area contributed by atoms with Gasteiger partial charge in [0.2, 0.25) is 0 Å². The SMILES string of the molecule is CCCCOC(=O)C[C@H]1C[C@H](/C=C/C=C/CCC[C@@H](C)O[Si](C)(C)C(C)(C)C)OC(C)(C)O1. The van der Waals surface area contributed by atoms with E-state index in [0.29, 0.717) is 19.1 Å². The maximum Gasteiger partial charge on any atom is 0.308 e. The molecule has 1 aliphatic rings. The first-order valence-electron chi connectivity index (χ1n) is 12.8. The summed E-state index contributed by atoms with van der Waals surface area (Å²) in [4.78, 5) is 12.1. The molecule has 0 unspecified atom stereocenters. The summed E-state index contributed by atoms with van der Waals surface area (Å²) < 4.78 is 23.7. The van der Waals surface area contributed by atoms with Crippen molar-refractivity contribution < 1.29 is 23.4 Å². The zero-order valence-electron chi connectivity index (χ0n) is 22.7. The fraction of sp³-hybridized carbons (Fsp3) is 0.815. The van der Waals surface area contributed by atoms with E-state index >= 15 is 0 Å². The molecule has 6 heteroatoms. The van der Waals surface area contributed by atoms with Crippen LogP contribution >= 0.6 is 0 Å². The van der Waals surface area contributed by atoms with Crippen molar-refractivity contribution in [1.29, 1.82) is 0 Å². The third kappa shape index (κ3) is 12.4. The lowest BCUT2D eigenvalue weighted by molar-refractivity contribution is -0.290. The summed E-state index contributed by atoms with van der Waals surface area (Å²) in [6.07, 6.45) is 14.5. The van der Waals surface area contributed by atoms with Crippen molar-refractivity contribution in [3.05, 3.63) is 24.3 Å². The van der Waals surface area contributed by atoms with Gasteiger partial charge in [0.15, 0.2) is 14.1 Å². The van der Waals surface area contributed by atoms with E-state index in [1.165, 1.54) is 0 Å². The molecule has 0 spiro atoms. The number of hydrogen-bond donors (Lipinski definition) is 0. The highest BCUT2D eigenvalue weighted by atomic mass is 28.4. The highest BCUT2D eigenvalue weighted by Crippen LogP contribution is 2.37. The van der Waals surface area contributed by atoms with Gasteiger partial charge in [0.1, 0.15) is 0 Å². The van der Waals surface area contributed by atoms with Crippen LogP contribution in [0.1, 0.15) is 93.4 Å². The van der Waals surface area contributed by atoms with E-state index in [-0.39, 0.29) is 29.6 Å². The minimum absolute atomic E-state index is 0.0788. The molecule has 0 radical (unpaired) electrons. The molecular formula is C27H50O5Si. The van der Waals surface area contributed by atoms with Gasteiger partial charge in [-0.05, 0) is 64.6 Å². The Morgan fingerprint density at radius 3 is 2.52 bits per heavy atom. The van der Waals surface area contributed by atoms with E-state index in [1.54, 1.807) is 0 Å². The van der Waals surface area contributed by atoms with E-state index in [4.69, 9.17) is 18.6 Å². The third-order valence-electron chi connectivity index (χ3n) is 6.39. The highest BCUT2D eigenvalue weighted by molar-refractivity contribution is 6.74. The largest absolute Gasteiger partial charge is 0.466 e. The number of ether oxygens (including phenoxy) is 3. The summed E-state index contributed by atoms with van der Waals surface area (Å²) in [7, 11) is -1.69. The summed E-state index contributed by atoms with van der Waals surface area (Å²) in [6, 6.07) is 0. The van der Waals surface area contributed by atoms with Gasteiger partial charge in [-0.3, -0.25) is 4.79 Å². The van der Waals surface area contributed by atoms with E-state index in [0.717, 1.165) is 32.1 Å². The lowest BCUT2D eigenvalue weighted by Gasteiger charge is -2.39. The molecule has 192 valence electrons. The minimum Gasteiger partial charge on any atom is -0.466 e. The second kappa shape index (κ2) is 13.8. The molecule has 0 aromatic carbocycles. The molecule has 5 nitrogen and oxygen atoms in total. The first kappa shape index (κ1) is 30.1. The maximum atomic E-state index is 12.1. The number of carbonyl (C=O) groups excluding carboxylic acids is 1. The van der Waals surface area contributed by atoms with Gasteiger partial charge in [0, 0.05) is 12.5 Å². The van der Waals surface area contributed by atoms with Gasteiger partial charge in [0.05, 0.1) is 25.2 Å². The Labute approximate surface area is 204 Å². The standard InChI is InChI=1S/C27H50O5Si/c1-10-11-19-29-25(28)21-24-20-23(30-27(6,7)31-24)18-16-14-12-13-15-17-22(2)32-33(8,9)26(3,4)5/h12,14,16,18,22-24H,10-11,13,15,17,19-21H2,1-9H3/b14-12+,18-16+/t22-,23+,24-/m1/s1. The van der Waals surface area contributed by atoms with Crippen LogP contribution in [0.15, 0.2) is 24.3 Å². The molecule has 1 rings (SSSR count). The van der Waals surface area contributed by atoms with Gasteiger partial charge in [0.25, 0.3) is 0 Å². The van der Waals surface area contributed by atoms with Crippen molar-refractivity contribution in [2.75, 3.05) is 6.61 Å². The monoisotopic (exact) mass is 482 g/mol. The smallest absolute Gasteiger partial charge is 0.308 e. The Morgan fingerprint density at radius 2 is 1.88 bits per heavy atom. The van der Waals surface area contributed by atoms with E-state index in [9.17, 15) is 4.79 Å². The Morgan fingerprint density at radius 1 is 1.18 bits per heavy atom. The molecule has 0 aliphatic carbocycles. The first-order valence-corrected chi connectivity index (χ1v) is 15.7. The van der Waals surface area contributed by atoms with Gasteiger partial charge in [-0.25, -0.2) is 0 Å². The number of unbranched alkanes of at least 4 members (excludes halogenated alkanes) is 2. The molecule has 1 heterocycles. The second-order valence-corrected chi connectivity index (χ2v) is 16.0. The normalized spacial score (nSPS) is 22.7. The molecule has 33 heavy (non-hydrogen) atoms. The molecule has 0 N–H and O–H groups in total. The molecule has 0 saturated carbocycles. The highest BCUT2D eigenvalue weighted by Gasteiger charge is 2.38. The lowest BCUT2D eigenvalue weighted by atomic mass is 10.0. The summed E-state index contributed by atoms with van der Waals surface area (Å²) in [5, 5.41) is 0.251. The van der Waals surface area contributed by atoms with Crippen LogP contribution in [0.3, 0.4) is 0 Å². The predicted molar refractivity (Wildman–Crippen MR) is 139 cm³/mol. The lowest BCUT2D eigenvalue weighted by Crippen LogP contribution is -2.44. The van der Waals surface area contributed by atoms with Crippen molar-refractivity contribution in [1.82, 2.24) is 0 Å². The first-order chi connectivity index (χ1) is 15.3. The topological polar surface area (TPSA) is 54.0 Å². The Balaban J connectivity index is 2.39. The summed E-state index contributed by atoms with van der Waals surface area (Å²) >= 11 is 0. The van der Waals surface area contributed by atoms with Crippen molar-refractivity contribution in [2.45, 2.75) is 136 Å². The molecule has 0 bridgehead atoms. The Bertz CT molecular complexity index is 633. The van der Waals surface area contributed by atoms with Gasteiger partial charge in [-0.15, -0.1) is 0 Å². The predicted octanol–water partition coefficient (Wildman–Crippen LogP) is 7.32. The van der Waals surface area contributed by atoms with Crippen LogP contribution in [-0.4, -0.2) is 45.0 Å². The molecule has 1 fully saturated rings. The van der Waals surface area contributed by atoms with E-state index in [2.05, 4.69) is 65.9 Å². The van der Waals surface area contributed by atoms with Crippen LogP contribution in [0.2, 0.25) is 18.1 Å². The summed E-state index contributed by atoms with van der Waals surface area (Å²) in [5.41, 5.74) is 0. The zero-order chi connectivity index (χ0) is 25.1. The summed E-state index contributed by atoms with van der Waals surface area (Å²) in [6.45, 7) is 20.0. The van der Waals surface area contributed by atoms with Crippen molar-refractivity contribution in [2.24, 2.45) is 0 Å². The Hall–Kier alpha value is -0.953. The number of esters is 1. The number of carbonyl (C=O) groups is 1. The van der Waals surface area contributed by atoms with Crippen molar-refractivity contribution >= 4 is 14.3 Å². The zero-order valence-corrected chi connectivity index (χ0v) is 23.7. The third-order valence-corrected chi connectivity index (χ3v) is 11.0. The second-order valence-electron chi connectivity index (χ2n) is 11.2. The molecular weight excluding hydrogens is 432 g/mol. The fourth-order valence-corrected chi connectivity index (χ4v) is 5.07.